The molecule has 0 bridgehead atoms. The van der Waals surface area contributed by atoms with E-state index in [-0.39, 0.29) is 25.0 Å². The van der Waals surface area contributed by atoms with E-state index in [9.17, 15) is 9.59 Å². The van der Waals surface area contributed by atoms with Crippen LogP contribution in [0, 0.1) is 11.8 Å². The summed E-state index contributed by atoms with van der Waals surface area (Å²) in [5.41, 5.74) is 0. The Balaban J connectivity index is 2.08. The molecule has 0 aromatic heterocycles. The smallest absolute Gasteiger partial charge is 0.329 e. The first-order chi connectivity index (χ1) is 7.61. The molecule has 0 radical (unpaired) electrons. The normalized spacial score (nSPS) is 24.3. The summed E-state index contributed by atoms with van der Waals surface area (Å²) in [6.07, 6.45) is 0. The summed E-state index contributed by atoms with van der Waals surface area (Å²) in [6, 6.07) is 0. The minimum Gasteiger partial charge on any atom is -0.480 e. The highest BCUT2D eigenvalue weighted by Crippen LogP contribution is 2.15. The van der Waals surface area contributed by atoms with Gasteiger partial charge in [0, 0.05) is 13.1 Å². The quantitative estimate of drug-likeness (QED) is 0.513. The van der Waals surface area contributed by atoms with Crippen LogP contribution >= 0.6 is 0 Å². The van der Waals surface area contributed by atoms with E-state index in [1.54, 1.807) is 0 Å². The molecular weight excluding hydrogens is 212 g/mol. The summed E-state index contributed by atoms with van der Waals surface area (Å²) >= 11 is 0. The number of ether oxygens (including phenoxy) is 1. The first-order valence-electron chi connectivity index (χ1n) is 5.39. The Morgan fingerprint density at radius 2 is 2.25 bits per heavy atom. The van der Waals surface area contributed by atoms with Crippen LogP contribution < -0.4 is 10.6 Å². The van der Waals surface area contributed by atoms with Crippen molar-refractivity contribution < 1.29 is 19.4 Å². The molecule has 1 heterocycles. The third-order valence-electron chi connectivity index (χ3n) is 2.63. The van der Waals surface area contributed by atoms with Crippen LogP contribution in [0.15, 0.2) is 0 Å². The first kappa shape index (κ1) is 12.9. The zero-order valence-electron chi connectivity index (χ0n) is 9.36. The number of carboxylic acids is 1. The van der Waals surface area contributed by atoms with E-state index >= 15 is 0 Å². The summed E-state index contributed by atoms with van der Waals surface area (Å²) in [6.45, 7) is 3.88. The minimum atomic E-state index is -1.00. The van der Waals surface area contributed by atoms with E-state index in [4.69, 9.17) is 9.84 Å². The lowest BCUT2D eigenvalue weighted by atomic mass is 9.97. The monoisotopic (exact) mass is 230 g/mol. The molecule has 6 heteroatoms. The maximum absolute atomic E-state index is 11.6. The zero-order chi connectivity index (χ0) is 12.0. The van der Waals surface area contributed by atoms with Crippen LogP contribution in [0.5, 0.6) is 0 Å². The Morgan fingerprint density at radius 1 is 1.50 bits per heavy atom. The molecule has 16 heavy (non-hydrogen) atoms. The van der Waals surface area contributed by atoms with Gasteiger partial charge in [0.1, 0.15) is 6.61 Å². The van der Waals surface area contributed by atoms with E-state index in [2.05, 4.69) is 10.6 Å². The number of carbonyl (C=O) groups excluding carboxylic acids is 1. The molecule has 1 fully saturated rings. The fourth-order valence-electron chi connectivity index (χ4n) is 1.70. The molecule has 1 rings (SSSR count). The molecule has 2 unspecified atom stereocenters. The number of hydrogen-bond acceptors (Lipinski definition) is 4. The van der Waals surface area contributed by atoms with Gasteiger partial charge in [-0.1, -0.05) is 6.92 Å². The third-order valence-corrected chi connectivity index (χ3v) is 2.63. The molecule has 2 atom stereocenters. The predicted octanol–water partition coefficient (Wildman–Crippen LogP) is -0.941. The lowest BCUT2D eigenvalue weighted by Crippen LogP contribution is -2.36. The molecule has 0 aromatic carbocycles. The highest BCUT2D eigenvalue weighted by molar-refractivity contribution is 5.79. The Morgan fingerprint density at radius 3 is 2.81 bits per heavy atom. The molecular formula is C10H18N2O4. The van der Waals surface area contributed by atoms with Crippen LogP contribution in [0.1, 0.15) is 6.92 Å². The summed E-state index contributed by atoms with van der Waals surface area (Å²) in [4.78, 5) is 21.8. The van der Waals surface area contributed by atoms with Crippen LogP contribution in [0.3, 0.4) is 0 Å². The minimum absolute atomic E-state index is 0.0106. The summed E-state index contributed by atoms with van der Waals surface area (Å²) < 4.78 is 4.81. The van der Waals surface area contributed by atoms with E-state index in [1.165, 1.54) is 0 Å². The van der Waals surface area contributed by atoms with Gasteiger partial charge in [0.25, 0.3) is 0 Å². The molecule has 6 nitrogen and oxygen atoms in total. The van der Waals surface area contributed by atoms with Gasteiger partial charge >= 0.3 is 5.97 Å². The van der Waals surface area contributed by atoms with Gasteiger partial charge in [0.05, 0.1) is 12.5 Å². The molecule has 1 aliphatic rings. The maximum Gasteiger partial charge on any atom is 0.329 e. The maximum atomic E-state index is 11.6. The summed E-state index contributed by atoms with van der Waals surface area (Å²) in [5.74, 6) is -0.629. The van der Waals surface area contributed by atoms with Crippen molar-refractivity contribution in [3.63, 3.8) is 0 Å². The van der Waals surface area contributed by atoms with Crippen molar-refractivity contribution in [3.05, 3.63) is 0 Å². The lowest BCUT2D eigenvalue weighted by molar-refractivity contribution is -0.142. The van der Waals surface area contributed by atoms with Gasteiger partial charge in [0.2, 0.25) is 5.91 Å². The zero-order valence-corrected chi connectivity index (χ0v) is 9.36. The number of hydrogen-bond donors (Lipinski definition) is 3. The number of carbonyl (C=O) groups is 2. The highest BCUT2D eigenvalue weighted by Gasteiger charge is 2.28. The van der Waals surface area contributed by atoms with Crippen LogP contribution in [-0.4, -0.2) is 49.8 Å². The third kappa shape index (κ3) is 4.16. The topological polar surface area (TPSA) is 87.7 Å². The molecule has 0 aromatic rings. The van der Waals surface area contributed by atoms with E-state index in [0.29, 0.717) is 19.0 Å². The SMILES string of the molecule is CC1CNCC1C(=O)NCCOCC(=O)O. The van der Waals surface area contributed by atoms with Crippen LogP contribution in [0.25, 0.3) is 0 Å². The molecule has 92 valence electrons. The second-order valence-corrected chi connectivity index (χ2v) is 3.98. The lowest BCUT2D eigenvalue weighted by Gasteiger charge is -2.13. The first-order valence-corrected chi connectivity index (χ1v) is 5.39. The predicted molar refractivity (Wildman–Crippen MR) is 57.0 cm³/mol. The Labute approximate surface area is 94.3 Å². The average molecular weight is 230 g/mol. The second kappa shape index (κ2) is 6.44. The number of nitrogens with one attached hydrogen (secondary N) is 2. The molecule has 1 saturated heterocycles. The van der Waals surface area contributed by atoms with E-state index < -0.39 is 5.97 Å². The molecule has 1 amide bonds. The fourth-order valence-corrected chi connectivity index (χ4v) is 1.70. The van der Waals surface area contributed by atoms with Gasteiger partial charge in [-0.15, -0.1) is 0 Å². The van der Waals surface area contributed by atoms with E-state index in [0.717, 1.165) is 6.54 Å². The summed E-state index contributed by atoms with van der Waals surface area (Å²) in [5, 5.41) is 14.2. The van der Waals surface area contributed by atoms with Crippen molar-refractivity contribution in [1.29, 1.82) is 0 Å². The van der Waals surface area contributed by atoms with Crippen LogP contribution in [0.4, 0.5) is 0 Å². The molecule has 1 aliphatic heterocycles. The van der Waals surface area contributed by atoms with Gasteiger partial charge in [0.15, 0.2) is 0 Å². The standard InChI is InChI=1S/C10H18N2O4/c1-7-4-11-5-8(7)10(15)12-2-3-16-6-9(13)14/h7-8,11H,2-6H2,1H3,(H,12,15)(H,13,14). The van der Waals surface area contributed by atoms with Crippen molar-refractivity contribution in [3.8, 4) is 0 Å². The van der Waals surface area contributed by atoms with Crippen LogP contribution in [0.2, 0.25) is 0 Å². The molecule has 3 N–H and O–H groups in total. The largest absolute Gasteiger partial charge is 0.480 e. The number of aliphatic carboxylic acids is 1. The van der Waals surface area contributed by atoms with Gasteiger partial charge in [-0.2, -0.15) is 0 Å². The Bertz CT molecular complexity index is 257. The Hall–Kier alpha value is -1.14. The van der Waals surface area contributed by atoms with Gasteiger partial charge in [-0.25, -0.2) is 4.79 Å². The van der Waals surface area contributed by atoms with Crippen LogP contribution in [-0.2, 0) is 14.3 Å². The van der Waals surface area contributed by atoms with Gasteiger partial charge in [-0.3, -0.25) is 4.79 Å². The van der Waals surface area contributed by atoms with Crippen molar-refractivity contribution in [2.24, 2.45) is 11.8 Å². The Kier molecular flexibility index (Phi) is 5.21. The van der Waals surface area contributed by atoms with E-state index in [1.807, 2.05) is 6.92 Å². The van der Waals surface area contributed by atoms with Crippen molar-refractivity contribution in [2.75, 3.05) is 32.8 Å². The number of amides is 1. The second-order valence-electron chi connectivity index (χ2n) is 3.98. The van der Waals surface area contributed by atoms with Crippen molar-refractivity contribution >= 4 is 11.9 Å². The average Bonchev–Trinajstić information content (AvgIpc) is 2.63. The molecule has 0 spiro atoms. The van der Waals surface area contributed by atoms with Crippen molar-refractivity contribution in [2.45, 2.75) is 6.92 Å². The van der Waals surface area contributed by atoms with Crippen molar-refractivity contribution in [1.82, 2.24) is 10.6 Å². The summed E-state index contributed by atoms with van der Waals surface area (Å²) in [7, 11) is 0. The molecule has 0 aliphatic carbocycles. The van der Waals surface area contributed by atoms with Gasteiger partial charge in [-0.05, 0) is 12.5 Å². The fraction of sp³-hybridized carbons (Fsp3) is 0.800. The highest BCUT2D eigenvalue weighted by atomic mass is 16.5. The molecule has 0 saturated carbocycles. The number of rotatable bonds is 6. The van der Waals surface area contributed by atoms with Gasteiger partial charge < -0.3 is 20.5 Å². The number of carboxylic acid groups (broad SMARTS) is 1.